The SMILES string of the molecule is O=C(NCc1ccccc1)Nc1ccc(F)cc1Cl. The standard InChI is InChI=1S/C14H12ClFN2O/c15-12-8-11(16)6-7-13(12)18-14(19)17-9-10-4-2-1-3-5-10/h1-8H,9H2,(H2,17,18,19). The molecule has 19 heavy (non-hydrogen) atoms. The molecular weight excluding hydrogens is 267 g/mol. The quantitative estimate of drug-likeness (QED) is 0.881. The Labute approximate surface area is 115 Å². The third kappa shape index (κ3) is 3.96. The highest BCUT2D eigenvalue weighted by atomic mass is 35.5. The number of hydrogen-bond acceptors (Lipinski definition) is 1. The van der Waals surface area contributed by atoms with E-state index in [4.69, 9.17) is 11.6 Å². The minimum absolute atomic E-state index is 0.162. The van der Waals surface area contributed by atoms with Crippen molar-refractivity contribution in [2.24, 2.45) is 0 Å². The van der Waals surface area contributed by atoms with Crippen LogP contribution in [0.15, 0.2) is 48.5 Å². The fourth-order valence-corrected chi connectivity index (χ4v) is 1.75. The van der Waals surface area contributed by atoms with Crippen LogP contribution in [0.1, 0.15) is 5.56 Å². The minimum Gasteiger partial charge on any atom is -0.334 e. The molecule has 0 atom stereocenters. The molecule has 0 bridgehead atoms. The van der Waals surface area contributed by atoms with Gasteiger partial charge in [-0.05, 0) is 23.8 Å². The van der Waals surface area contributed by atoms with Gasteiger partial charge in [-0.3, -0.25) is 0 Å². The Morgan fingerprint density at radius 1 is 1.16 bits per heavy atom. The number of carbonyl (C=O) groups excluding carboxylic acids is 1. The fourth-order valence-electron chi connectivity index (χ4n) is 1.54. The second kappa shape index (κ2) is 6.20. The molecule has 0 unspecified atom stereocenters. The second-order valence-corrected chi connectivity index (χ2v) is 4.32. The van der Waals surface area contributed by atoms with E-state index in [1.165, 1.54) is 12.1 Å². The lowest BCUT2D eigenvalue weighted by atomic mass is 10.2. The smallest absolute Gasteiger partial charge is 0.319 e. The van der Waals surface area contributed by atoms with Gasteiger partial charge in [0.25, 0.3) is 0 Å². The van der Waals surface area contributed by atoms with Crippen LogP contribution in [0.4, 0.5) is 14.9 Å². The number of rotatable bonds is 3. The summed E-state index contributed by atoms with van der Waals surface area (Å²) < 4.78 is 12.8. The number of urea groups is 1. The van der Waals surface area contributed by atoms with E-state index in [9.17, 15) is 9.18 Å². The van der Waals surface area contributed by atoms with E-state index < -0.39 is 11.8 Å². The van der Waals surface area contributed by atoms with Crippen LogP contribution in [0, 0.1) is 5.82 Å². The Morgan fingerprint density at radius 2 is 1.89 bits per heavy atom. The van der Waals surface area contributed by atoms with Crippen molar-refractivity contribution in [1.82, 2.24) is 5.32 Å². The number of hydrogen-bond donors (Lipinski definition) is 2. The zero-order chi connectivity index (χ0) is 13.7. The highest BCUT2D eigenvalue weighted by Crippen LogP contribution is 2.22. The Bertz CT molecular complexity index is 575. The molecular formula is C14H12ClFN2O. The maximum absolute atomic E-state index is 12.8. The van der Waals surface area contributed by atoms with Crippen LogP contribution in [0.25, 0.3) is 0 Å². The Balaban J connectivity index is 1.91. The maximum atomic E-state index is 12.8. The first kappa shape index (κ1) is 13.4. The van der Waals surface area contributed by atoms with Crippen molar-refractivity contribution in [3.63, 3.8) is 0 Å². The molecule has 2 rings (SSSR count). The van der Waals surface area contributed by atoms with Crippen LogP contribution in [0.2, 0.25) is 5.02 Å². The molecule has 0 heterocycles. The first-order chi connectivity index (χ1) is 9.15. The first-order valence-electron chi connectivity index (χ1n) is 5.69. The molecule has 0 aliphatic heterocycles. The summed E-state index contributed by atoms with van der Waals surface area (Å²) in [5.41, 5.74) is 1.36. The van der Waals surface area contributed by atoms with E-state index in [2.05, 4.69) is 10.6 Å². The molecule has 0 fully saturated rings. The van der Waals surface area contributed by atoms with Crippen LogP contribution < -0.4 is 10.6 Å². The average molecular weight is 279 g/mol. The molecule has 3 nitrogen and oxygen atoms in total. The van der Waals surface area contributed by atoms with E-state index in [1.807, 2.05) is 30.3 Å². The Hall–Kier alpha value is -2.07. The predicted octanol–water partition coefficient (Wildman–Crippen LogP) is 3.80. The van der Waals surface area contributed by atoms with E-state index >= 15 is 0 Å². The molecule has 0 aliphatic carbocycles. The average Bonchev–Trinajstić information content (AvgIpc) is 2.41. The molecule has 2 amide bonds. The molecule has 2 N–H and O–H groups in total. The normalized spacial score (nSPS) is 10.0. The van der Waals surface area contributed by atoms with Gasteiger partial charge in [0.1, 0.15) is 5.82 Å². The van der Waals surface area contributed by atoms with Crippen LogP contribution >= 0.6 is 11.6 Å². The summed E-state index contributed by atoms with van der Waals surface area (Å²) in [4.78, 5) is 11.6. The third-order valence-electron chi connectivity index (χ3n) is 2.48. The van der Waals surface area contributed by atoms with Crippen molar-refractivity contribution < 1.29 is 9.18 Å². The summed E-state index contributed by atoms with van der Waals surface area (Å²) >= 11 is 5.81. The van der Waals surface area contributed by atoms with E-state index in [0.717, 1.165) is 11.6 Å². The van der Waals surface area contributed by atoms with Crippen molar-refractivity contribution in [2.75, 3.05) is 5.32 Å². The number of benzene rings is 2. The van der Waals surface area contributed by atoms with Crippen LogP contribution in [-0.2, 0) is 6.54 Å². The predicted molar refractivity (Wildman–Crippen MR) is 73.7 cm³/mol. The molecule has 0 aromatic heterocycles. The second-order valence-electron chi connectivity index (χ2n) is 3.92. The van der Waals surface area contributed by atoms with Gasteiger partial charge < -0.3 is 10.6 Å². The lowest BCUT2D eigenvalue weighted by Crippen LogP contribution is -2.28. The van der Waals surface area contributed by atoms with Crippen molar-refractivity contribution in [2.45, 2.75) is 6.54 Å². The van der Waals surface area contributed by atoms with Gasteiger partial charge in [-0.1, -0.05) is 41.9 Å². The van der Waals surface area contributed by atoms with Crippen molar-refractivity contribution >= 4 is 23.3 Å². The summed E-state index contributed by atoms with van der Waals surface area (Å²) in [7, 11) is 0. The summed E-state index contributed by atoms with van der Waals surface area (Å²) in [5, 5.41) is 5.41. The van der Waals surface area contributed by atoms with Gasteiger partial charge in [0.15, 0.2) is 0 Å². The zero-order valence-corrected chi connectivity index (χ0v) is 10.7. The molecule has 0 saturated heterocycles. The van der Waals surface area contributed by atoms with Crippen LogP contribution in [0.5, 0.6) is 0 Å². The lowest BCUT2D eigenvalue weighted by Gasteiger charge is -2.09. The number of amides is 2. The van der Waals surface area contributed by atoms with Gasteiger partial charge in [0.2, 0.25) is 0 Å². The van der Waals surface area contributed by atoms with Crippen molar-refractivity contribution in [1.29, 1.82) is 0 Å². The van der Waals surface area contributed by atoms with E-state index in [-0.39, 0.29) is 5.02 Å². The van der Waals surface area contributed by atoms with Crippen molar-refractivity contribution in [3.05, 3.63) is 64.9 Å². The Morgan fingerprint density at radius 3 is 2.58 bits per heavy atom. The zero-order valence-electron chi connectivity index (χ0n) is 9.99. The Kier molecular flexibility index (Phi) is 4.36. The molecule has 2 aromatic rings. The van der Waals surface area contributed by atoms with Gasteiger partial charge in [-0.25, -0.2) is 9.18 Å². The third-order valence-corrected chi connectivity index (χ3v) is 2.79. The van der Waals surface area contributed by atoms with Gasteiger partial charge >= 0.3 is 6.03 Å². The molecule has 98 valence electrons. The monoisotopic (exact) mass is 278 g/mol. The molecule has 0 spiro atoms. The summed E-state index contributed by atoms with van der Waals surface area (Å²) in [6, 6.07) is 12.9. The van der Waals surface area contributed by atoms with Gasteiger partial charge in [-0.2, -0.15) is 0 Å². The highest BCUT2D eigenvalue weighted by Gasteiger charge is 2.06. The summed E-state index contributed by atoms with van der Waals surface area (Å²) in [5.74, 6) is -0.444. The number of nitrogens with one attached hydrogen (secondary N) is 2. The fraction of sp³-hybridized carbons (Fsp3) is 0.0714. The molecule has 0 radical (unpaired) electrons. The van der Waals surface area contributed by atoms with Crippen molar-refractivity contribution in [3.8, 4) is 0 Å². The lowest BCUT2D eigenvalue weighted by molar-refractivity contribution is 0.251. The molecule has 2 aromatic carbocycles. The van der Waals surface area contributed by atoms with Gasteiger partial charge in [-0.15, -0.1) is 0 Å². The first-order valence-corrected chi connectivity index (χ1v) is 6.07. The van der Waals surface area contributed by atoms with Crippen LogP contribution in [0.3, 0.4) is 0 Å². The maximum Gasteiger partial charge on any atom is 0.319 e. The molecule has 5 heteroatoms. The van der Waals surface area contributed by atoms with Crippen LogP contribution in [-0.4, -0.2) is 6.03 Å². The van der Waals surface area contributed by atoms with E-state index in [1.54, 1.807) is 0 Å². The molecule has 0 aliphatic rings. The number of halogens is 2. The number of carbonyl (C=O) groups is 1. The summed E-state index contributed by atoms with van der Waals surface area (Å²) in [6.07, 6.45) is 0. The largest absolute Gasteiger partial charge is 0.334 e. The molecule has 0 saturated carbocycles. The van der Waals surface area contributed by atoms with E-state index in [0.29, 0.717) is 12.2 Å². The number of anilines is 1. The highest BCUT2D eigenvalue weighted by molar-refractivity contribution is 6.33. The summed E-state index contributed by atoms with van der Waals surface area (Å²) in [6.45, 7) is 0.408. The van der Waals surface area contributed by atoms with Gasteiger partial charge in [0, 0.05) is 6.54 Å². The van der Waals surface area contributed by atoms with Gasteiger partial charge in [0.05, 0.1) is 10.7 Å². The minimum atomic E-state index is -0.444. The topological polar surface area (TPSA) is 41.1 Å².